The van der Waals surface area contributed by atoms with Gasteiger partial charge in [0, 0.05) is 10.8 Å². The molecule has 0 saturated heterocycles. The number of amides is 1. The van der Waals surface area contributed by atoms with Gasteiger partial charge in [-0.05, 0) is 39.2 Å². The molecular weight excluding hydrogens is 388 g/mol. The van der Waals surface area contributed by atoms with Crippen molar-refractivity contribution in [2.45, 2.75) is 0 Å². The van der Waals surface area contributed by atoms with Crippen molar-refractivity contribution in [3.8, 4) is 16.9 Å². The van der Waals surface area contributed by atoms with Crippen molar-refractivity contribution in [2.24, 2.45) is 0 Å². The smallest absolute Gasteiger partial charge is 0.322 e. The summed E-state index contributed by atoms with van der Waals surface area (Å²) in [5.41, 5.74) is 1.73. The zero-order chi connectivity index (χ0) is 18.0. The predicted molar refractivity (Wildman–Crippen MR) is 96.5 cm³/mol. The average molecular weight is 401 g/mol. The number of carbonyl (C=O) groups is 2. The van der Waals surface area contributed by atoms with Gasteiger partial charge in [-0.3, -0.25) is 9.59 Å². The predicted octanol–water partition coefficient (Wildman–Crippen LogP) is 3.18. The van der Waals surface area contributed by atoms with Crippen molar-refractivity contribution in [1.29, 1.82) is 0 Å². The topological polar surface area (TPSA) is 99.5 Å². The highest BCUT2D eigenvalue weighted by Crippen LogP contribution is 2.35. The molecule has 3 aromatic rings. The Morgan fingerprint density at radius 2 is 1.76 bits per heavy atom. The highest BCUT2D eigenvalue weighted by molar-refractivity contribution is 9.10. The fraction of sp³-hybridized carbons (Fsp3) is 0.0556. The number of aromatic hydroxyl groups is 1. The summed E-state index contributed by atoms with van der Waals surface area (Å²) in [5, 5.41) is 22.3. The van der Waals surface area contributed by atoms with Crippen LogP contribution in [0.2, 0.25) is 0 Å². The number of pyridine rings is 1. The Balaban J connectivity index is 2.06. The second-order valence-corrected chi connectivity index (χ2v) is 6.05. The minimum Gasteiger partial charge on any atom is -0.505 e. The first-order valence-electron chi connectivity index (χ1n) is 7.35. The molecule has 25 heavy (non-hydrogen) atoms. The number of hydrogen-bond donors (Lipinski definition) is 3. The number of hydrogen-bond acceptors (Lipinski definition) is 4. The zero-order valence-corrected chi connectivity index (χ0v) is 14.4. The lowest BCUT2D eigenvalue weighted by Gasteiger charge is -2.10. The number of rotatable bonds is 4. The molecule has 0 unspecified atom stereocenters. The van der Waals surface area contributed by atoms with Gasteiger partial charge in [-0.15, -0.1) is 0 Å². The molecule has 1 aromatic heterocycles. The van der Waals surface area contributed by atoms with Crippen LogP contribution < -0.4 is 5.32 Å². The lowest BCUT2D eigenvalue weighted by Crippen LogP contribution is -2.30. The Kier molecular flexibility index (Phi) is 4.67. The van der Waals surface area contributed by atoms with Gasteiger partial charge in [-0.25, -0.2) is 4.98 Å². The van der Waals surface area contributed by atoms with E-state index in [1.165, 1.54) is 0 Å². The molecule has 0 fully saturated rings. The van der Waals surface area contributed by atoms with E-state index >= 15 is 0 Å². The van der Waals surface area contributed by atoms with Gasteiger partial charge in [0.05, 0.1) is 0 Å². The van der Waals surface area contributed by atoms with Crippen LogP contribution in [0, 0.1) is 0 Å². The summed E-state index contributed by atoms with van der Waals surface area (Å²) in [7, 11) is 0. The maximum Gasteiger partial charge on any atom is 0.322 e. The lowest BCUT2D eigenvalue weighted by molar-refractivity contribution is -0.135. The van der Waals surface area contributed by atoms with Crippen molar-refractivity contribution in [2.75, 3.05) is 6.54 Å². The largest absolute Gasteiger partial charge is 0.505 e. The number of carboxylic acids is 1. The molecule has 0 radical (unpaired) electrons. The van der Waals surface area contributed by atoms with Gasteiger partial charge in [0.25, 0.3) is 5.91 Å². The highest BCUT2D eigenvalue weighted by atomic mass is 79.9. The Morgan fingerprint density at radius 3 is 2.44 bits per heavy atom. The minimum absolute atomic E-state index is 0.229. The van der Waals surface area contributed by atoms with Crippen LogP contribution in [0.3, 0.4) is 0 Å². The zero-order valence-electron chi connectivity index (χ0n) is 12.9. The molecule has 0 bridgehead atoms. The van der Waals surface area contributed by atoms with Crippen molar-refractivity contribution >= 4 is 38.6 Å². The average Bonchev–Trinajstić information content (AvgIpc) is 2.63. The van der Waals surface area contributed by atoms with Crippen molar-refractivity contribution in [1.82, 2.24) is 10.3 Å². The molecule has 0 saturated carbocycles. The van der Waals surface area contributed by atoms with Crippen molar-refractivity contribution in [3.63, 3.8) is 0 Å². The molecule has 0 atom stereocenters. The lowest BCUT2D eigenvalue weighted by atomic mass is 10.0. The number of carbonyl (C=O) groups excluding carboxylic acids is 1. The van der Waals surface area contributed by atoms with Crippen LogP contribution in [0.15, 0.2) is 53.1 Å². The van der Waals surface area contributed by atoms with Crippen LogP contribution in [-0.2, 0) is 4.79 Å². The number of aromatic nitrogens is 1. The summed E-state index contributed by atoms with van der Waals surface area (Å²) < 4.78 is 0.388. The van der Waals surface area contributed by atoms with Crippen LogP contribution in [-0.4, -0.2) is 33.6 Å². The quantitative estimate of drug-likeness (QED) is 0.584. The van der Waals surface area contributed by atoms with E-state index in [1.807, 2.05) is 42.5 Å². The number of carboxylic acid groups (broad SMARTS) is 1. The molecule has 3 rings (SSSR count). The van der Waals surface area contributed by atoms with Gasteiger partial charge in [0.2, 0.25) is 0 Å². The Labute approximate surface area is 151 Å². The van der Waals surface area contributed by atoms with Crippen molar-refractivity contribution in [3.05, 3.63) is 58.8 Å². The third-order valence-electron chi connectivity index (χ3n) is 3.65. The second kappa shape index (κ2) is 6.90. The van der Waals surface area contributed by atoms with Crippen molar-refractivity contribution < 1.29 is 19.8 Å². The van der Waals surface area contributed by atoms with Gasteiger partial charge in [-0.2, -0.15) is 0 Å². The van der Waals surface area contributed by atoms with E-state index in [9.17, 15) is 14.7 Å². The molecule has 0 aliphatic rings. The molecule has 0 aliphatic carbocycles. The van der Waals surface area contributed by atoms with E-state index in [1.54, 1.807) is 6.07 Å². The van der Waals surface area contributed by atoms with Gasteiger partial charge in [0.1, 0.15) is 11.1 Å². The fourth-order valence-corrected chi connectivity index (χ4v) is 2.97. The molecule has 6 nitrogen and oxygen atoms in total. The van der Waals surface area contributed by atoms with Gasteiger partial charge >= 0.3 is 5.97 Å². The first kappa shape index (κ1) is 16.9. The fourth-order valence-electron chi connectivity index (χ4n) is 2.47. The standard InChI is InChI=1S/C18H13BrN2O4/c19-17-13-8-11(10-4-2-1-3-5-10)6-7-12(13)16(24)15(21-17)18(25)20-9-14(22)23/h1-8,24H,9H2,(H,20,25)(H,22,23). The number of nitrogens with zero attached hydrogens (tertiary/aromatic N) is 1. The van der Waals surface area contributed by atoms with E-state index in [-0.39, 0.29) is 11.4 Å². The molecule has 126 valence electrons. The Morgan fingerprint density at radius 1 is 1.04 bits per heavy atom. The third-order valence-corrected chi connectivity index (χ3v) is 4.26. The summed E-state index contributed by atoms with van der Waals surface area (Å²) in [6.45, 7) is -0.553. The molecule has 1 amide bonds. The van der Waals surface area contributed by atoms with Crippen LogP contribution >= 0.6 is 15.9 Å². The van der Waals surface area contributed by atoms with E-state index in [0.29, 0.717) is 15.4 Å². The summed E-state index contributed by atoms with van der Waals surface area (Å²) in [4.78, 5) is 26.7. The van der Waals surface area contributed by atoms with E-state index < -0.39 is 18.4 Å². The third kappa shape index (κ3) is 3.46. The summed E-state index contributed by atoms with van der Waals surface area (Å²) in [5.74, 6) is -2.23. The molecule has 3 N–H and O–H groups in total. The molecule has 1 heterocycles. The number of aliphatic carboxylic acids is 1. The maximum atomic E-state index is 12.0. The second-order valence-electron chi connectivity index (χ2n) is 5.30. The molecule has 0 aliphatic heterocycles. The SMILES string of the molecule is O=C(O)CNC(=O)c1nc(Br)c2cc(-c3ccccc3)ccc2c1O. The highest BCUT2D eigenvalue weighted by Gasteiger charge is 2.19. The summed E-state index contributed by atoms with van der Waals surface area (Å²) in [6, 6.07) is 15.1. The number of benzene rings is 2. The van der Waals surface area contributed by atoms with Crippen LogP contribution in [0.1, 0.15) is 10.5 Å². The normalized spacial score (nSPS) is 10.6. The van der Waals surface area contributed by atoms with E-state index in [2.05, 4.69) is 26.2 Å². The molecule has 7 heteroatoms. The molecule has 0 spiro atoms. The summed E-state index contributed by atoms with van der Waals surface area (Å²) in [6.07, 6.45) is 0. The monoisotopic (exact) mass is 400 g/mol. The van der Waals surface area contributed by atoms with Crippen LogP contribution in [0.4, 0.5) is 0 Å². The summed E-state index contributed by atoms with van der Waals surface area (Å²) >= 11 is 3.32. The minimum atomic E-state index is -1.18. The van der Waals surface area contributed by atoms with E-state index in [0.717, 1.165) is 11.1 Å². The van der Waals surface area contributed by atoms with E-state index in [4.69, 9.17) is 5.11 Å². The Hall–Kier alpha value is -2.93. The number of fused-ring (bicyclic) bond motifs is 1. The van der Waals surface area contributed by atoms with Crippen LogP contribution in [0.25, 0.3) is 21.9 Å². The van der Waals surface area contributed by atoms with Crippen LogP contribution in [0.5, 0.6) is 5.75 Å². The molecule has 2 aromatic carbocycles. The number of halogens is 1. The van der Waals surface area contributed by atoms with Gasteiger partial charge in [-0.1, -0.05) is 36.4 Å². The maximum absolute atomic E-state index is 12.0. The van der Waals surface area contributed by atoms with Gasteiger partial charge in [0.15, 0.2) is 11.4 Å². The Bertz CT molecular complexity index is 974. The molecular formula is C18H13BrN2O4. The number of nitrogens with one attached hydrogen (secondary N) is 1. The first-order valence-corrected chi connectivity index (χ1v) is 8.14. The first-order chi connectivity index (χ1) is 12.0. The van der Waals surface area contributed by atoms with Gasteiger partial charge < -0.3 is 15.5 Å².